The molecular formula is C38H69N5O11S2. The lowest BCUT2D eigenvalue weighted by Gasteiger charge is -2.33. The van der Waals surface area contributed by atoms with Crippen LogP contribution >= 0.6 is 23.5 Å². The highest BCUT2D eigenvalue weighted by atomic mass is 32.2. The van der Waals surface area contributed by atoms with Crippen LogP contribution < -0.4 is 26.6 Å². The summed E-state index contributed by atoms with van der Waals surface area (Å²) in [5.41, 5.74) is -1.63. The average Bonchev–Trinajstić information content (AvgIpc) is 3.08. The van der Waals surface area contributed by atoms with Crippen LogP contribution in [0.3, 0.4) is 0 Å². The second kappa shape index (κ2) is 29.2. The molecule has 0 aliphatic heterocycles. The summed E-state index contributed by atoms with van der Waals surface area (Å²) in [6, 6.07) is -1.85. The third-order valence-electron chi connectivity index (χ3n) is 8.14. The van der Waals surface area contributed by atoms with Crippen LogP contribution in [0.4, 0.5) is 0 Å². The minimum Gasteiger partial charge on any atom is -0.481 e. The number of nitrogens with one attached hydrogen (secondary N) is 5. The summed E-state index contributed by atoms with van der Waals surface area (Å²) < 4.78 is 11.0. The molecule has 0 radical (unpaired) electrons. The second-order valence-corrected chi connectivity index (χ2v) is 18.7. The topological polar surface area (TPSA) is 239 Å². The molecule has 0 heterocycles. The quantitative estimate of drug-likeness (QED) is 0.0472. The lowest BCUT2D eigenvalue weighted by Crippen LogP contribution is -2.48. The Labute approximate surface area is 341 Å². The number of carbonyl (C=O) groups is 7. The van der Waals surface area contributed by atoms with Gasteiger partial charge in [-0.1, -0.05) is 55.4 Å². The van der Waals surface area contributed by atoms with Gasteiger partial charge in [0, 0.05) is 31.5 Å². The molecule has 16 nitrogen and oxygen atoms in total. The molecule has 324 valence electrons. The fourth-order valence-corrected chi connectivity index (χ4v) is 6.73. The number of hydrogen-bond acceptors (Lipinski definition) is 11. The zero-order valence-electron chi connectivity index (χ0n) is 34.7. The summed E-state index contributed by atoms with van der Waals surface area (Å²) in [5, 5.41) is 33.2. The molecule has 0 aliphatic carbocycles. The van der Waals surface area contributed by atoms with Crippen molar-refractivity contribution in [3.63, 3.8) is 0 Å². The highest BCUT2D eigenvalue weighted by molar-refractivity contribution is 8.00. The Morgan fingerprint density at radius 1 is 0.625 bits per heavy atom. The predicted molar refractivity (Wildman–Crippen MR) is 219 cm³/mol. The van der Waals surface area contributed by atoms with Crippen LogP contribution in [0, 0.1) is 10.8 Å². The van der Waals surface area contributed by atoms with Gasteiger partial charge in [0.05, 0.1) is 44.4 Å². The Morgan fingerprint density at radius 2 is 1.18 bits per heavy atom. The van der Waals surface area contributed by atoms with Crippen molar-refractivity contribution in [2.24, 2.45) is 10.8 Å². The van der Waals surface area contributed by atoms with E-state index in [0.717, 1.165) is 0 Å². The van der Waals surface area contributed by atoms with E-state index in [-0.39, 0.29) is 93.3 Å². The molecule has 0 unspecified atom stereocenters. The number of amides is 5. The highest BCUT2D eigenvalue weighted by Gasteiger charge is 2.37. The van der Waals surface area contributed by atoms with Gasteiger partial charge in [0.15, 0.2) is 0 Å². The van der Waals surface area contributed by atoms with Gasteiger partial charge in [-0.2, -0.15) is 0 Å². The van der Waals surface area contributed by atoms with E-state index in [4.69, 9.17) is 14.6 Å². The van der Waals surface area contributed by atoms with E-state index in [0.29, 0.717) is 49.8 Å². The third-order valence-corrected chi connectivity index (χ3v) is 10.3. The molecule has 0 fully saturated rings. The Kier molecular flexibility index (Phi) is 27.6. The van der Waals surface area contributed by atoms with Crippen molar-refractivity contribution in [2.45, 2.75) is 129 Å². The van der Waals surface area contributed by atoms with Crippen LogP contribution in [0.25, 0.3) is 0 Å². The predicted octanol–water partition coefficient (Wildman–Crippen LogP) is 2.96. The lowest BCUT2D eigenvalue weighted by molar-refractivity contribution is -0.144. The molecule has 2 atom stereocenters. The number of carboxylic acids is 2. The van der Waals surface area contributed by atoms with E-state index < -0.39 is 40.8 Å². The molecule has 5 amide bonds. The molecule has 56 heavy (non-hydrogen) atoms. The van der Waals surface area contributed by atoms with Crippen molar-refractivity contribution in [3.05, 3.63) is 0 Å². The first-order valence-corrected chi connectivity index (χ1v) is 21.5. The summed E-state index contributed by atoms with van der Waals surface area (Å²) in [6.07, 6.45) is 2.28. The number of carboxylic acid groups (broad SMARTS) is 2. The van der Waals surface area contributed by atoms with Crippen LogP contribution in [-0.4, -0.2) is 132 Å². The maximum Gasteiger partial charge on any atom is 0.326 e. The molecule has 18 heteroatoms. The SMILES string of the molecule is CC(C)SCC(=O)NCCC[C@H](NC(=O)CSC(C)C)C(=O)NCCOCCOCCC(=O)NCCCC[C@H](NC(=O)C(C)(C)CC(C)(C)CC(=O)O)C(=O)O. The fourth-order valence-electron chi connectivity index (χ4n) is 5.58. The molecular weight excluding hydrogens is 767 g/mol. The standard InChI is InChI=1S/C38H69N5O11S2/c1-26(2)55-23-31(45)40-16-11-13-28(42-32(46)24-56-27(3)4)34(49)41-17-19-54-21-20-53-18-14-30(44)39-15-10-9-12-29(35(50)51)43-36(52)38(7,8)25-37(5,6)22-33(47)48/h26-29H,9-25H2,1-8H3,(H,39,44)(H,40,45)(H,41,49)(H,42,46)(H,43,52)(H,47,48)(H,50,51)/t28-,29-/m0/s1. The molecule has 0 rings (SSSR count). The molecule has 0 aromatic carbocycles. The minimum absolute atomic E-state index is 0.0626. The summed E-state index contributed by atoms with van der Waals surface area (Å²) in [6.45, 7) is 16.7. The Balaban J connectivity index is 4.33. The van der Waals surface area contributed by atoms with E-state index in [1.807, 2.05) is 27.7 Å². The Hall–Kier alpha value is -3.09. The first-order chi connectivity index (χ1) is 26.1. The number of thioether (sulfide) groups is 2. The second-order valence-electron chi connectivity index (χ2n) is 15.6. The van der Waals surface area contributed by atoms with Crippen molar-refractivity contribution >= 4 is 65.0 Å². The monoisotopic (exact) mass is 835 g/mol. The number of unbranched alkanes of at least 4 members (excludes halogenated alkanes) is 1. The minimum atomic E-state index is -1.17. The summed E-state index contributed by atoms with van der Waals surface area (Å²) in [7, 11) is 0. The zero-order chi connectivity index (χ0) is 42.7. The molecule has 0 bridgehead atoms. The largest absolute Gasteiger partial charge is 0.481 e. The van der Waals surface area contributed by atoms with Gasteiger partial charge in [0.1, 0.15) is 12.1 Å². The molecule has 0 spiro atoms. The van der Waals surface area contributed by atoms with Crippen molar-refractivity contribution in [2.75, 3.05) is 57.6 Å². The van der Waals surface area contributed by atoms with Crippen LogP contribution in [0.1, 0.15) is 107 Å². The van der Waals surface area contributed by atoms with Gasteiger partial charge in [-0.15, -0.1) is 23.5 Å². The van der Waals surface area contributed by atoms with Crippen molar-refractivity contribution in [1.82, 2.24) is 26.6 Å². The van der Waals surface area contributed by atoms with E-state index >= 15 is 0 Å². The van der Waals surface area contributed by atoms with Gasteiger partial charge >= 0.3 is 11.9 Å². The first-order valence-electron chi connectivity index (χ1n) is 19.4. The smallest absolute Gasteiger partial charge is 0.326 e. The number of ether oxygens (including phenoxy) is 2. The van der Waals surface area contributed by atoms with E-state index in [1.165, 1.54) is 11.8 Å². The fraction of sp³-hybridized carbons (Fsp3) is 0.816. The maximum absolute atomic E-state index is 12.9. The summed E-state index contributed by atoms with van der Waals surface area (Å²) >= 11 is 3.03. The van der Waals surface area contributed by atoms with Crippen LogP contribution in [-0.2, 0) is 43.0 Å². The zero-order valence-corrected chi connectivity index (χ0v) is 36.3. The van der Waals surface area contributed by atoms with Gasteiger partial charge in [-0.25, -0.2) is 4.79 Å². The first kappa shape index (κ1) is 52.9. The van der Waals surface area contributed by atoms with Crippen LogP contribution in [0.5, 0.6) is 0 Å². The Bertz CT molecular complexity index is 1230. The van der Waals surface area contributed by atoms with E-state index in [9.17, 15) is 38.7 Å². The van der Waals surface area contributed by atoms with Crippen molar-refractivity contribution in [1.29, 1.82) is 0 Å². The highest BCUT2D eigenvalue weighted by Crippen LogP contribution is 2.36. The molecule has 0 aromatic rings. The van der Waals surface area contributed by atoms with Gasteiger partial charge in [-0.05, 0) is 54.4 Å². The van der Waals surface area contributed by atoms with E-state index in [2.05, 4.69) is 26.6 Å². The Morgan fingerprint density at radius 3 is 1.77 bits per heavy atom. The molecule has 0 saturated heterocycles. The third kappa shape index (κ3) is 28.3. The molecule has 0 saturated carbocycles. The van der Waals surface area contributed by atoms with Crippen LogP contribution in [0.2, 0.25) is 0 Å². The van der Waals surface area contributed by atoms with Crippen molar-refractivity contribution < 1.29 is 53.2 Å². The molecule has 0 aliphatic rings. The lowest BCUT2D eigenvalue weighted by atomic mass is 9.73. The molecule has 0 aromatic heterocycles. The molecule has 7 N–H and O–H groups in total. The number of rotatable bonds is 33. The number of carbonyl (C=O) groups excluding carboxylic acids is 5. The summed E-state index contributed by atoms with van der Waals surface area (Å²) in [5.74, 6) is -2.82. The number of aliphatic carboxylic acids is 2. The van der Waals surface area contributed by atoms with Gasteiger partial charge in [0.25, 0.3) is 0 Å². The average molecular weight is 836 g/mol. The number of hydrogen-bond donors (Lipinski definition) is 7. The van der Waals surface area contributed by atoms with Gasteiger partial charge in [-0.3, -0.25) is 28.8 Å². The van der Waals surface area contributed by atoms with Crippen LogP contribution in [0.15, 0.2) is 0 Å². The normalized spacial score (nSPS) is 12.8. The van der Waals surface area contributed by atoms with E-state index in [1.54, 1.807) is 39.5 Å². The van der Waals surface area contributed by atoms with Gasteiger partial charge < -0.3 is 46.3 Å². The van der Waals surface area contributed by atoms with Gasteiger partial charge in [0.2, 0.25) is 29.5 Å². The van der Waals surface area contributed by atoms with Crippen molar-refractivity contribution in [3.8, 4) is 0 Å². The summed E-state index contributed by atoms with van der Waals surface area (Å²) in [4.78, 5) is 85.3. The maximum atomic E-state index is 12.9.